The normalized spacial score (nSPS) is 17.2. The maximum Gasteiger partial charge on any atom is 0.163 e. The third-order valence-corrected chi connectivity index (χ3v) is 6.48. The van der Waals surface area contributed by atoms with E-state index in [-0.39, 0.29) is 6.61 Å². The van der Waals surface area contributed by atoms with Crippen molar-refractivity contribution in [3.8, 4) is 11.4 Å². The van der Waals surface area contributed by atoms with Crippen LogP contribution in [-0.2, 0) is 12.8 Å². The first-order valence-electron chi connectivity index (χ1n) is 8.22. The molecule has 3 aromatic heterocycles. The molecule has 0 fully saturated rings. The molecule has 4 rings (SSSR count). The van der Waals surface area contributed by atoms with Gasteiger partial charge in [-0.1, -0.05) is 6.92 Å². The molecule has 1 aliphatic rings. The number of pyridine rings is 1. The third-order valence-electron chi connectivity index (χ3n) is 4.37. The molecule has 1 atom stereocenters. The van der Waals surface area contributed by atoms with E-state index in [0.29, 0.717) is 5.75 Å². The Kier molecular flexibility index (Phi) is 4.52. The van der Waals surface area contributed by atoms with Gasteiger partial charge in [-0.2, -0.15) is 0 Å². The highest BCUT2D eigenvalue weighted by Gasteiger charge is 2.24. The summed E-state index contributed by atoms with van der Waals surface area (Å²) < 4.78 is 0. The molecule has 0 saturated heterocycles. The smallest absolute Gasteiger partial charge is 0.163 e. The zero-order chi connectivity index (χ0) is 16.5. The fourth-order valence-electron chi connectivity index (χ4n) is 3.18. The first kappa shape index (κ1) is 16.0. The summed E-state index contributed by atoms with van der Waals surface area (Å²) in [6.45, 7) is 2.48. The Labute approximate surface area is 149 Å². The largest absolute Gasteiger partial charge is 0.396 e. The first-order valence-corrected chi connectivity index (χ1v) is 10.0. The number of aryl methyl sites for hydroxylation is 1. The average molecular weight is 358 g/mol. The maximum absolute atomic E-state index is 9.24. The van der Waals surface area contributed by atoms with Gasteiger partial charge in [0.1, 0.15) is 9.86 Å². The van der Waals surface area contributed by atoms with E-state index in [1.165, 1.54) is 22.2 Å². The van der Waals surface area contributed by atoms with Crippen molar-refractivity contribution in [2.24, 2.45) is 5.92 Å². The Bertz CT molecular complexity index is 864. The second-order valence-electron chi connectivity index (χ2n) is 6.20. The Morgan fingerprint density at radius 2 is 2.29 bits per heavy atom. The van der Waals surface area contributed by atoms with E-state index < -0.39 is 0 Å². The van der Waals surface area contributed by atoms with E-state index in [4.69, 9.17) is 9.97 Å². The lowest BCUT2D eigenvalue weighted by molar-refractivity contribution is 0.322. The van der Waals surface area contributed by atoms with Crippen LogP contribution >= 0.6 is 23.1 Å². The highest BCUT2D eigenvalue weighted by atomic mass is 32.2. The van der Waals surface area contributed by atoms with E-state index in [9.17, 15) is 5.11 Å². The Balaban J connectivity index is 1.89. The van der Waals surface area contributed by atoms with Gasteiger partial charge in [0.2, 0.25) is 0 Å². The zero-order valence-electron chi connectivity index (χ0n) is 13.5. The summed E-state index contributed by atoms with van der Waals surface area (Å²) in [5, 5.41) is 11.5. The van der Waals surface area contributed by atoms with Crippen molar-refractivity contribution < 1.29 is 5.11 Å². The van der Waals surface area contributed by atoms with Gasteiger partial charge in [0.15, 0.2) is 5.82 Å². The quantitative estimate of drug-likeness (QED) is 0.566. The number of rotatable bonds is 4. The SMILES string of the molecule is C[C@H]1CCc2c(sc3nc(-c4cccnc4)nc(SCCO)c23)C1. The molecule has 3 aromatic rings. The predicted octanol–water partition coefficient (Wildman–Crippen LogP) is 3.96. The molecule has 0 aliphatic heterocycles. The molecule has 0 spiro atoms. The summed E-state index contributed by atoms with van der Waals surface area (Å²) in [6.07, 6.45) is 7.04. The van der Waals surface area contributed by atoms with Crippen molar-refractivity contribution in [3.05, 3.63) is 35.0 Å². The van der Waals surface area contributed by atoms with Crippen LogP contribution in [0.3, 0.4) is 0 Å². The molecular weight excluding hydrogens is 338 g/mol. The first-order chi connectivity index (χ1) is 11.8. The lowest BCUT2D eigenvalue weighted by atomic mass is 9.89. The topological polar surface area (TPSA) is 58.9 Å². The summed E-state index contributed by atoms with van der Waals surface area (Å²) in [5.41, 5.74) is 2.37. The van der Waals surface area contributed by atoms with Crippen LogP contribution in [0.25, 0.3) is 21.6 Å². The second kappa shape index (κ2) is 6.78. The van der Waals surface area contributed by atoms with Crippen molar-refractivity contribution >= 4 is 33.3 Å². The molecule has 24 heavy (non-hydrogen) atoms. The predicted molar refractivity (Wildman–Crippen MR) is 99.6 cm³/mol. The molecule has 6 heteroatoms. The van der Waals surface area contributed by atoms with E-state index in [1.54, 1.807) is 24.2 Å². The van der Waals surface area contributed by atoms with E-state index in [1.807, 2.05) is 23.5 Å². The van der Waals surface area contributed by atoms with E-state index in [2.05, 4.69) is 11.9 Å². The number of nitrogens with zero attached hydrogens (tertiary/aromatic N) is 3. The summed E-state index contributed by atoms with van der Waals surface area (Å²) >= 11 is 3.43. The standard InChI is InChI=1S/C18H19N3OS2/c1-11-4-5-13-14(9-11)24-18-15(13)17(23-8-7-22)20-16(21-18)12-3-2-6-19-10-12/h2-3,6,10-11,22H,4-5,7-9H2,1H3/t11-/m0/s1. The number of aliphatic hydroxyl groups is 1. The summed E-state index contributed by atoms with van der Waals surface area (Å²) in [7, 11) is 0. The summed E-state index contributed by atoms with van der Waals surface area (Å²) in [6, 6.07) is 3.90. The Morgan fingerprint density at radius 3 is 3.08 bits per heavy atom. The monoisotopic (exact) mass is 357 g/mol. The van der Waals surface area contributed by atoms with Gasteiger partial charge >= 0.3 is 0 Å². The lowest BCUT2D eigenvalue weighted by Gasteiger charge is -2.18. The van der Waals surface area contributed by atoms with Gasteiger partial charge in [0, 0.05) is 34.0 Å². The molecule has 0 aromatic carbocycles. The van der Waals surface area contributed by atoms with Crippen LogP contribution in [0.15, 0.2) is 29.6 Å². The number of hydrogen-bond acceptors (Lipinski definition) is 6. The average Bonchev–Trinajstić information content (AvgIpc) is 2.97. The van der Waals surface area contributed by atoms with E-state index >= 15 is 0 Å². The third kappa shape index (κ3) is 2.94. The molecule has 3 heterocycles. The van der Waals surface area contributed by atoms with Crippen molar-refractivity contribution in [1.29, 1.82) is 0 Å². The Morgan fingerprint density at radius 1 is 1.38 bits per heavy atom. The fourth-order valence-corrected chi connectivity index (χ4v) is 5.43. The van der Waals surface area contributed by atoms with Crippen LogP contribution in [0.2, 0.25) is 0 Å². The van der Waals surface area contributed by atoms with Crippen LogP contribution in [0, 0.1) is 5.92 Å². The molecule has 1 aliphatic carbocycles. The van der Waals surface area contributed by atoms with Gasteiger partial charge in [0.05, 0.1) is 6.61 Å². The van der Waals surface area contributed by atoms with Crippen LogP contribution in [0.4, 0.5) is 0 Å². The van der Waals surface area contributed by atoms with Crippen molar-refractivity contribution in [1.82, 2.24) is 15.0 Å². The number of thioether (sulfide) groups is 1. The van der Waals surface area contributed by atoms with Crippen LogP contribution in [0.1, 0.15) is 23.8 Å². The van der Waals surface area contributed by atoms with E-state index in [0.717, 1.165) is 40.0 Å². The second-order valence-corrected chi connectivity index (χ2v) is 8.37. The molecule has 0 unspecified atom stereocenters. The summed E-state index contributed by atoms with van der Waals surface area (Å²) in [4.78, 5) is 16.4. The molecular formula is C18H19N3OS2. The number of aliphatic hydroxyl groups excluding tert-OH is 1. The van der Waals surface area contributed by atoms with Crippen molar-refractivity contribution in [2.75, 3.05) is 12.4 Å². The van der Waals surface area contributed by atoms with Gasteiger partial charge in [-0.05, 0) is 42.9 Å². The van der Waals surface area contributed by atoms with Gasteiger partial charge < -0.3 is 5.11 Å². The number of fused-ring (bicyclic) bond motifs is 3. The van der Waals surface area contributed by atoms with Gasteiger partial charge in [-0.3, -0.25) is 4.98 Å². The lowest BCUT2D eigenvalue weighted by Crippen LogP contribution is -2.08. The highest BCUT2D eigenvalue weighted by Crippen LogP contribution is 2.41. The maximum atomic E-state index is 9.24. The minimum absolute atomic E-state index is 0.155. The molecule has 0 bridgehead atoms. The van der Waals surface area contributed by atoms with Crippen molar-refractivity contribution in [3.63, 3.8) is 0 Å². The minimum atomic E-state index is 0.155. The Hall–Kier alpha value is -1.50. The molecule has 0 saturated carbocycles. The molecule has 0 radical (unpaired) electrons. The van der Waals surface area contributed by atoms with Gasteiger partial charge in [-0.15, -0.1) is 23.1 Å². The van der Waals surface area contributed by atoms with Crippen LogP contribution in [-0.4, -0.2) is 32.4 Å². The summed E-state index contributed by atoms with van der Waals surface area (Å²) in [5.74, 6) is 2.12. The fraction of sp³-hybridized carbons (Fsp3) is 0.389. The molecule has 124 valence electrons. The molecule has 4 nitrogen and oxygen atoms in total. The highest BCUT2D eigenvalue weighted by molar-refractivity contribution is 7.99. The van der Waals surface area contributed by atoms with Crippen LogP contribution < -0.4 is 0 Å². The number of hydrogen-bond donors (Lipinski definition) is 1. The van der Waals surface area contributed by atoms with Crippen molar-refractivity contribution in [2.45, 2.75) is 31.2 Å². The zero-order valence-corrected chi connectivity index (χ0v) is 15.2. The van der Waals surface area contributed by atoms with Crippen LogP contribution in [0.5, 0.6) is 0 Å². The number of aromatic nitrogens is 3. The molecule has 1 N–H and O–H groups in total. The van der Waals surface area contributed by atoms with Gasteiger partial charge in [0.25, 0.3) is 0 Å². The minimum Gasteiger partial charge on any atom is -0.396 e. The van der Waals surface area contributed by atoms with Gasteiger partial charge in [-0.25, -0.2) is 9.97 Å². The number of thiophene rings is 1. The molecule has 0 amide bonds.